The van der Waals surface area contributed by atoms with Crippen molar-refractivity contribution in [3.05, 3.63) is 47.3 Å². The number of halogens is 2. The van der Waals surface area contributed by atoms with Crippen LogP contribution in [0.4, 0.5) is 8.78 Å². The number of phenols is 1. The van der Waals surface area contributed by atoms with Crippen molar-refractivity contribution in [1.82, 2.24) is 5.16 Å². The van der Waals surface area contributed by atoms with Crippen LogP contribution in [0.2, 0.25) is 0 Å². The predicted molar refractivity (Wildman–Crippen MR) is 53.0 cm³/mol. The number of benzene rings is 1. The van der Waals surface area contributed by atoms with Crippen molar-refractivity contribution in [3.8, 4) is 5.75 Å². The minimum atomic E-state index is -2.90. The lowest BCUT2D eigenvalue weighted by Crippen LogP contribution is -2.04. The van der Waals surface area contributed by atoms with E-state index >= 15 is 0 Å². The first kappa shape index (κ1) is 11.3. The molecule has 88 valence electrons. The fourth-order valence-corrected chi connectivity index (χ4v) is 1.38. The molecule has 0 aliphatic carbocycles. The highest BCUT2D eigenvalue weighted by Gasteiger charge is 2.25. The second-order valence-electron chi connectivity index (χ2n) is 3.26. The lowest BCUT2D eigenvalue weighted by atomic mass is 10.0. The van der Waals surface area contributed by atoms with E-state index in [1.54, 1.807) is 0 Å². The third-order valence-electron chi connectivity index (χ3n) is 2.20. The average Bonchev–Trinajstić information content (AvgIpc) is 2.77. The molecule has 0 atom stereocenters. The lowest BCUT2D eigenvalue weighted by molar-refractivity contribution is 0.102. The highest BCUT2D eigenvalue weighted by atomic mass is 19.3. The minimum Gasteiger partial charge on any atom is -0.507 e. The first-order valence-electron chi connectivity index (χ1n) is 4.66. The van der Waals surface area contributed by atoms with Gasteiger partial charge in [0.25, 0.3) is 6.43 Å². The van der Waals surface area contributed by atoms with Gasteiger partial charge >= 0.3 is 0 Å². The summed E-state index contributed by atoms with van der Waals surface area (Å²) in [7, 11) is 0. The monoisotopic (exact) mass is 239 g/mol. The molecule has 0 bridgehead atoms. The first-order valence-corrected chi connectivity index (χ1v) is 4.66. The van der Waals surface area contributed by atoms with Crippen LogP contribution in [0.3, 0.4) is 0 Å². The summed E-state index contributed by atoms with van der Waals surface area (Å²) in [6.45, 7) is 0. The van der Waals surface area contributed by atoms with Crippen LogP contribution in [0.5, 0.6) is 5.75 Å². The van der Waals surface area contributed by atoms with Gasteiger partial charge in [-0.25, -0.2) is 8.78 Å². The van der Waals surface area contributed by atoms with Gasteiger partial charge in [-0.15, -0.1) is 0 Å². The Morgan fingerprint density at radius 3 is 2.65 bits per heavy atom. The normalized spacial score (nSPS) is 10.8. The largest absolute Gasteiger partial charge is 0.507 e. The van der Waals surface area contributed by atoms with Gasteiger partial charge in [0.05, 0.1) is 11.1 Å². The molecule has 6 heteroatoms. The highest BCUT2D eigenvalue weighted by Crippen LogP contribution is 2.26. The van der Waals surface area contributed by atoms with Crippen LogP contribution in [-0.2, 0) is 0 Å². The molecule has 1 aromatic heterocycles. The molecule has 0 aliphatic heterocycles. The Hall–Kier alpha value is -2.24. The molecular weight excluding hydrogens is 232 g/mol. The minimum absolute atomic E-state index is 0.0717. The maximum atomic E-state index is 12.5. The third-order valence-corrected chi connectivity index (χ3v) is 2.20. The van der Waals surface area contributed by atoms with Crippen molar-refractivity contribution in [2.24, 2.45) is 0 Å². The number of hydrogen-bond acceptors (Lipinski definition) is 4. The number of phenolic OH excluding ortho intramolecular Hbond substituents is 1. The number of ketones is 1. The summed E-state index contributed by atoms with van der Waals surface area (Å²) in [6, 6.07) is 5.67. The molecule has 0 unspecified atom stereocenters. The van der Waals surface area contributed by atoms with Gasteiger partial charge in [-0.2, -0.15) is 0 Å². The molecule has 0 amide bonds. The van der Waals surface area contributed by atoms with E-state index < -0.39 is 17.9 Å². The van der Waals surface area contributed by atoms with E-state index in [-0.39, 0.29) is 16.9 Å². The Morgan fingerprint density at radius 2 is 2.00 bits per heavy atom. The maximum absolute atomic E-state index is 12.5. The highest BCUT2D eigenvalue weighted by molar-refractivity contribution is 6.11. The van der Waals surface area contributed by atoms with E-state index in [0.717, 1.165) is 6.26 Å². The summed E-state index contributed by atoms with van der Waals surface area (Å²) < 4.78 is 29.4. The van der Waals surface area contributed by atoms with E-state index in [1.165, 1.54) is 24.3 Å². The van der Waals surface area contributed by atoms with Gasteiger partial charge in [-0.3, -0.25) is 4.79 Å². The Bertz CT molecular complexity index is 551. The third kappa shape index (κ3) is 2.01. The first-order chi connectivity index (χ1) is 8.11. The van der Waals surface area contributed by atoms with Gasteiger partial charge in [-0.1, -0.05) is 17.3 Å². The van der Waals surface area contributed by atoms with Crippen molar-refractivity contribution in [2.75, 3.05) is 0 Å². The van der Waals surface area contributed by atoms with Crippen LogP contribution in [0.25, 0.3) is 0 Å². The molecule has 2 aromatic rings. The number of alkyl halides is 2. The van der Waals surface area contributed by atoms with Crippen LogP contribution in [0, 0.1) is 0 Å². The molecule has 0 aliphatic rings. The van der Waals surface area contributed by atoms with Gasteiger partial charge in [0.2, 0.25) is 5.78 Å². The van der Waals surface area contributed by atoms with Gasteiger partial charge in [0.15, 0.2) is 5.69 Å². The fourth-order valence-electron chi connectivity index (χ4n) is 1.38. The zero-order chi connectivity index (χ0) is 12.4. The van der Waals surface area contributed by atoms with E-state index in [1.807, 2.05) is 0 Å². The Morgan fingerprint density at radius 1 is 1.29 bits per heavy atom. The van der Waals surface area contributed by atoms with Crippen LogP contribution in [-0.4, -0.2) is 16.0 Å². The van der Waals surface area contributed by atoms with Crippen molar-refractivity contribution >= 4 is 5.78 Å². The van der Waals surface area contributed by atoms with E-state index in [2.05, 4.69) is 9.68 Å². The number of rotatable bonds is 3. The van der Waals surface area contributed by atoms with Gasteiger partial charge in [0, 0.05) is 0 Å². The molecular formula is C11H7F2NO3. The number of carbonyl (C=O) groups is 1. The molecule has 1 aromatic carbocycles. The van der Waals surface area contributed by atoms with E-state index in [0.29, 0.717) is 0 Å². The summed E-state index contributed by atoms with van der Waals surface area (Å²) in [5.74, 6) is -1.03. The summed E-state index contributed by atoms with van der Waals surface area (Å²) >= 11 is 0. The number of hydrogen-bond donors (Lipinski definition) is 1. The average molecular weight is 239 g/mol. The Labute approximate surface area is 94.5 Å². The topological polar surface area (TPSA) is 63.3 Å². The van der Waals surface area contributed by atoms with Crippen molar-refractivity contribution in [3.63, 3.8) is 0 Å². The summed E-state index contributed by atoms with van der Waals surface area (Å²) in [5.41, 5.74) is -1.14. The van der Waals surface area contributed by atoms with Crippen LogP contribution < -0.4 is 0 Å². The second kappa shape index (κ2) is 4.32. The molecule has 0 radical (unpaired) electrons. The van der Waals surface area contributed by atoms with Gasteiger partial charge < -0.3 is 9.63 Å². The van der Waals surface area contributed by atoms with Crippen LogP contribution in [0.15, 0.2) is 35.1 Å². The molecule has 4 nitrogen and oxygen atoms in total. The molecule has 0 spiro atoms. The zero-order valence-corrected chi connectivity index (χ0v) is 8.43. The molecule has 0 fully saturated rings. The Kier molecular flexibility index (Phi) is 2.86. The van der Waals surface area contributed by atoms with Gasteiger partial charge in [0.1, 0.15) is 12.0 Å². The van der Waals surface area contributed by atoms with Crippen molar-refractivity contribution in [2.45, 2.75) is 6.43 Å². The lowest BCUT2D eigenvalue weighted by Gasteiger charge is -2.02. The standard InChI is InChI=1S/C11H7F2NO3/c12-11(13)9-7(5-17-14-9)10(16)6-3-1-2-4-8(6)15/h1-5,11,15H. The van der Waals surface area contributed by atoms with Crippen LogP contribution >= 0.6 is 0 Å². The number of carbonyl (C=O) groups excluding carboxylic acids is 1. The number of aromatic hydroxyl groups is 1. The van der Waals surface area contributed by atoms with Gasteiger partial charge in [-0.05, 0) is 12.1 Å². The second-order valence-corrected chi connectivity index (χ2v) is 3.26. The number of aromatic nitrogens is 1. The summed E-state index contributed by atoms with van der Waals surface area (Å²) in [6.07, 6.45) is -2.06. The molecule has 1 N–H and O–H groups in total. The Balaban J connectivity index is 2.45. The fraction of sp³-hybridized carbons (Fsp3) is 0.0909. The van der Waals surface area contributed by atoms with E-state index in [9.17, 15) is 18.7 Å². The molecule has 0 saturated heterocycles. The number of nitrogens with zero attached hydrogens (tertiary/aromatic N) is 1. The molecule has 1 heterocycles. The number of para-hydroxylation sites is 1. The molecule has 0 saturated carbocycles. The van der Waals surface area contributed by atoms with Crippen molar-refractivity contribution in [1.29, 1.82) is 0 Å². The van der Waals surface area contributed by atoms with E-state index in [4.69, 9.17) is 0 Å². The van der Waals surface area contributed by atoms with Crippen molar-refractivity contribution < 1.29 is 23.2 Å². The maximum Gasteiger partial charge on any atom is 0.284 e. The van der Waals surface area contributed by atoms with Crippen LogP contribution in [0.1, 0.15) is 28.0 Å². The summed E-state index contributed by atoms with van der Waals surface area (Å²) in [5, 5.41) is 12.5. The zero-order valence-electron chi connectivity index (χ0n) is 8.43. The molecule has 2 rings (SSSR count). The quantitative estimate of drug-likeness (QED) is 0.836. The predicted octanol–water partition coefficient (Wildman–Crippen LogP) is 2.55. The SMILES string of the molecule is O=C(c1ccccc1O)c1conc1C(F)F. The molecule has 17 heavy (non-hydrogen) atoms. The smallest absolute Gasteiger partial charge is 0.284 e. The summed E-state index contributed by atoms with van der Waals surface area (Å²) in [4.78, 5) is 11.9.